The fourth-order valence-corrected chi connectivity index (χ4v) is 3.00. The van der Waals surface area contributed by atoms with Crippen LogP contribution in [0.4, 0.5) is 0 Å². The van der Waals surface area contributed by atoms with Crippen molar-refractivity contribution in [3.63, 3.8) is 0 Å². The van der Waals surface area contributed by atoms with Gasteiger partial charge in [-0.2, -0.15) is 0 Å². The summed E-state index contributed by atoms with van der Waals surface area (Å²) in [5.74, 6) is 0.945. The van der Waals surface area contributed by atoms with Crippen molar-refractivity contribution in [3.8, 4) is 0 Å². The third kappa shape index (κ3) is 3.34. The second kappa shape index (κ2) is 6.41. The maximum absolute atomic E-state index is 5.29. The molecule has 1 unspecified atom stereocenters. The fraction of sp³-hybridized carbons (Fsp3) is 0.471. The Labute approximate surface area is 126 Å². The second-order valence-electron chi connectivity index (χ2n) is 5.81. The molecule has 0 bridgehead atoms. The highest BCUT2D eigenvalue weighted by atomic mass is 16.5. The molecular weight excluding hydrogens is 262 g/mol. The maximum Gasteiger partial charge on any atom is 0.138 e. The molecule has 1 aromatic carbocycles. The molecule has 1 aliphatic heterocycles. The third-order valence-corrected chi connectivity index (χ3v) is 4.25. The Kier molecular flexibility index (Phi) is 4.36. The van der Waals surface area contributed by atoms with Crippen molar-refractivity contribution in [1.29, 1.82) is 0 Å². The molecule has 0 aliphatic carbocycles. The smallest absolute Gasteiger partial charge is 0.138 e. The van der Waals surface area contributed by atoms with Crippen molar-refractivity contribution in [2.45, 2.75) is 32.9 Å². The van der Waals surface area contributed by atoms with E-state index in [0.29, 0.717) is 6.04 Å². The summed E-state index contributed by atoms with van der Waals surface area (Å²) in [6.45, 7) is 8.15. The van der Waals surface area contributed by atoms with Crippen molar-refractivity contribution in [2.24, 2.45) is 0 Å². The molecule has 1 atom stereocenters. The van der Waals surface area contributed by atoms with Crippen LogP contribution in [0, 0.1) is 13.8 Å². The van der Waals surface area contributed by atoms with E-state index in [4.69, 9.17) is 4.52 Å². The van der Waals surface area contributed by atoms with Gasteiger partial charge < -0.3 is 9.84 Å². The Morgan fingerprint density at radius 2 is 2.10 bits per heavy atom. The molecule has 1 fully saturated rings. The summed E-state index contributed by atoms with van der Waals surface area (Å²) in [5, 5.41) is 7.72. The van der Waals surface area contributed by atoms with Crippen LogP contribution in [0.1, 0.15) is 35.0 Å². The summed E-state index contributed by atoms with van der Waals surface area (Å²) in [6, 6.07) is 11.1. The Morgan fingerprint density at radius 1 is 1.29 bits per heavy atom. The Balaban J connectivity index is 1.74. The quantitative estimate of drug-likeness (QED) is 0.941. The normalized spacial score (nSPS) is 20.4. The summed E-state index contributed by atoms with van der Waals surface area (Å²) < 4.78 is 5.29. The highest BCUT2D eigenvalue weighted by molar-refractivity contribution is 5.22. The third-order valence-electron chi connectivity index (χ3n) is 4.25. The zero-order valence-corrected chi connectivity index (χ0v) is 12.8. The van der Waals surface area contributed by atoms with Gasteiger partial charge in [-0.25, -0.2) is 0 Å². The van der Waals surface area contributed by atoms with Crippen LogP contribution in [-0.4, -0.2) is 29.7 Å². The molecule has 2 aromatic rings. The van der Waals surface area contributed by atoms with E-state index in [0.717, 1.165) is 37.6 Å². The van der Waals surface area contributed by atoms with Gasteiger partial charge >= 0.3 is 0 Å². The molecule has 4 heteroatoms. The number of aryl methyl sites for hydroxylation is 2. The van der Waals surface area contributed by atoms with E-state index in [1.54, 1.807) is 0 Å². The highest BCUT2D eigenvalue weighted by Crippen LogP contribution is 2.20. The van der Waals surface area contributed by atoms with E-state index in [-0.39, 0.29) is 0 Å². The Hall–Kier alpha value is -1.65. The summed E-state index contributed by atoms with van der Waals surface area (Å²) in [4.78, 5) is 2.50. The molecular formula is C17H23N3O. The number of hydrogen-bond acceptors (Lipinski definition) is 4. The highest BCUT2D eigenvalue weighted by Gasteiger charge is 2.21. The lowest BCUT2D eigenvalue weighted by Crippen LogP contribution is -2.31. The first-order valence-electron chi connectivity index (χ1n) is 7.66. The van der Waals surface area contributed by atoms with Crippen molar-refractivity contribution in [1.82, 2.24) is 15.4 Å². The summed E-state index contributed by atoms with van der Waals surface area (Å²) in [5.41, 5.74) is 3.62. The topological polar surface area (TPSA) is 41.3 Å². The van der Waals surface area contributed by atoms with Crippen LogP contribution in [-0.2, 0) is 6.54 Å². The molecule has 4 nitrogen and oxygen atoms in total. The van der Waals surface area contributed by atoms with E-state index < -0.39 is 0 Å². The van der Waals surface area contributed by atoms with Gasteiger partial charge in [-0.15, -0.1) is 0 Å². The van der Waals surface area contributed by atoms with Crippen LogP contribution in [0.3, 0.4) is 0 Å². The lowest BCUT2D eigenvalue weighted by molar-refractivity contribution is 0.258. The van der Waals surface area contributed by atoms with Crippen LogP contribution >= 0.6 is 0 Å². The molecule has 1 aliphatic rings. The molecule has 3 rings (SSSR count). The number of nitrogens with one attached hydrogen (secondary N) is 1. The van der Waals surface area contributed by atoms with E-state index in [1.165, 1.54) is 17.5 Å². The first-order chi connectivity index (χ1) is 10.2. The van der Waals surface area contributed by atoms with Gasteiger partial charge in [0.1, 0.15) is 5.76 Å². The van der Waals surface area contributed by atoms with Crippen LogP contribution in [0.25, 0.3) is 0 Å². The summed E-state index contributed by atoms with van der Waals surface area (Å²) >= 11 is 0. The maximum atomic E-state index is 5.29. The number of benzene rings is 1. The summed E-state index contributed by atoms with van der Waals surface area (Å²) in [6.07, 6.45) is 1.17. The van der Waals surface area contributed by atoms with Crippen molar-refractivity contribution >= 4 is 0 Å². The van der Waals surface area contributed by atoms with Crippen LogP contribution in [0.15, 0.2) is 34.9 Å². The van der Waals surface area contributed by atoms with Gasteiger partial charge in [0.25, 0.3) is 0 Å². The predicted octanol–water partition coefficient (Wildman–Crippen LogP) is 2.83. The average Bonchev–Trinajstić information content (AvgIpc) is 2.71. The molecule has 0 amide bonds. The van der Waals surface area contributed by atoms with Gasteiger partial charge in [-0.3, -0.25) is 4.90 Å². The van der Waals surface area contributed by atoms with Gasteiger partial charge in [-0.1, -0.05) is 35.5 Å². The van der Waals surface area contributed by atoms with Gasteiger partial charge in [0.15, 0.2) is 0 Å². The van der Waals surface area contributed by atoms with Crippen LogP contribution in [0.2, 0.25) is 0 Å². The predicted molar refractivity (Wildman–Crippen MR) is 83.1 cm³/mol. The monoisotopic (exact) mass is 285 g/mol. The molecule has 0 radical (unpaired) electrons. The van der Waals surface area contributed by atoms with Gasteiger partial charge in [0.05, 0.1) is 5.69 Å². The Bertz CT molecular complexity index is 559. The molecule has 112 valence electrons. The van der Waals surface area contributed by atoms with Crippen LogP contribution < -0.4 is 5.32 Å². The minimum Gasteiger partial charge on any atom is -0.361 e. The first-order valence-corrected chi connectivity index (χ1v) is 7.66. The molecule has 1 saturated heterocycles. The molecule has 0 saturated carbocycles. The van der Waals surface area contributed by atoms with Crippen molar-refractivity contribution < 1.29 is 4.52 Å². The van der Waals surface area contributed by atoms with Crippen molar-refractivity contribution in [2.75, 3.05) is 19.6 Å². The fourth-order valence-electron chi connectivity index (χ4n) is 3.00. The average molecular weight is 285 g/mol. The number of aromatic nitrogens is 1. The number of hydrogen-bond donors (Lipinski definition) is 1. The SMILES string of the molecule is Cc1noc(C)c1CN1CCCNC(c2ccccc2)C1. The van der Waals surface area contributed by atoms with E-state index in [2.05, 4.69) is 45.7 Å². The first kappa shape index (κ1) is 14.3. The molecule has 21 heavy (non-hydrogen) atoms. The second-order valence-corrected chi connectivity index (χ2v) is 5.81. The van der Waals surface area contributed by atoms with Crippen molar-refractivity contribution in [3.05, 3.63) is 52.9 Å². The van der Waals surface area contributed by atoms with Crippen LogP contribution in [0.5, 0.6) is 0 Å². The number of nitrogens with zero attached hydrogens (tertiary/aromatic N) is 2. The molecule has 2 heterocycles. The largest absolute Gasteiger partial charge is 0.361 e. The minimum atomic E-state index is 0.397. The minimum absolute atomic E-state index is 0.397. The zero-order chi connectivity index (χ0) is 14.7. The van der Waals surface area contributed by atoms with Gasteiger partial charge in [0, 0.05) is 24.7 Å². The molecule has 1 aromatic heterocycles. The van der Waals surface area contributed by atoms with E-state index >= 15 is 0 Å². The standard InChI is InChI=1S/C17H23N3O/c1-13-16(14(2)21-19-13)11-20-10-6-9-18-17(12-20)15-7-4-3-5-8-15/h3-5,7-8,17-18H,6,9-12H2,1-2H3. The lowest BCUT2D eigenvalue weighted by Gasteiger charge is -2.24. The molecule has 1 N–H and O–H groups in total. The van der Waals surface area contributed by atoms with E-state index in [9.17, 15) is 0 Å². The lowest BCUT2D eigenvalue weighted by atomic mass is 10.1. The van der Waals surface area contributed by atoms with E-state index in [1.807, 2.05) is 13.8 Å². The zero-order valence-electron chi connectivity index (χ0n) is 12.8. The Morgan fingerprint density at radius 3 is 2.81 bits per heavy atom. The molecule has 0 spiro atoms. The van der Waals surface area contributed by atoms with Gasteiger partial charge in [-0.05, 0) is 38.9 Å². The number of rotatable bonds is 3. The van der Waals surface area contributed by atoms with Gasteiger partial charge in [0.2, 0.25) is 0 Å². The summed E-state index contributed by atoms with van der Waals surface area (Å²) in [7, 11) is 0.